The molecule has 1 aliphatic heterocycles. The summed E-state index contributed by atoms with van der Waals surface area (Å²) in [6.45, 7) is 4.10. The molecule has 0 aromatic heterocycles. The number of amides is 2. The highest BCUT2D eigenvalue weighted by Gasteiger charge is 2.38. The standard InChI is InChI=1S/C21H24N2O4/c1-13(2)18(20(25)23-12-6-11-17(23)21(26)27)22-19(24)16-10-5-8-14-7-3-4-9-15(14)16/h3-5,7-10,13,17-18H,6,11-12H2,1-2H3,(H,22,24)(H,26,27)/t17-,18?/m0/s1. The van der Waals surface area contributed by atoms with E-state index in [2.05, 4.69) is 5.32 Å². The number of aliphatic carboxylic acids is 1. The molecule has 1 fully saturated rings. The van der Waals surface area contributed by atoms with Crippen molar-refractivity contribution in [2.24, 2.45) is 5.92 Å². The Morgan fingerprint density at radius 1 is 1.11 bits per heavy atom. The van der Waals surface area contributed by atoms with Gasteiger partial charge in [-0.3, -0.25) is 9.59 Å². The van der Waals surface area contributed by atoms with Gasteiger partial charge in [-0.2, -0.15) is 0 Å². The summed E-state index contributed by atoms with van der Waals surface area (Å²) in [5, 5.41) is 14.0. The molecule has 0 spiro atoms. The molecule has 2 N–H and O–H groups in total. The van der Waals surface area contributed by atoms with Gasteiger partial charge in [-0.25, -0.2) is 4.79 Å². The van der Waals surface area contributed by atoms with E-state index in [9.17, 15) is 19.5 Å². The third-order valence-corrected chi connectivity index (χ3v) is 5.07. The highest BCUT2D eigenvalue weighted by molar-refractivity contribution is 6.08. The molecule has 6 nitrogen and oxygen atoms in total. The number of benzene rings is 2. The molecule has 2 atom stereocenters. The molecule has 1 unspecified atom stereocenters. The number of hydrogen-bond acceptors (Lipinski definition) is 3. The SMILES string of the molecule is CC(C)C(NC(=O)c1cccc2ccccc12)C(=O)N1CCC[C@H]1C(=O)O. The summed E-state index contributed by atoms with van der Waals surface area (Å²) in [6.07, 6.45) is 1.11. The lowest BCUT2D eigenvalue weighted by Crippen LogP contribution is -2.53. The first kappa shape index (κ1) is 18.9. The smallest absolute Gasteiger partial charge is 0.326 e. The van der Waals surface area contributed by atoms with E-state index in [0.29, 0.717) is 24.9 Å². The van der Waals surface area contributed by atoms with Crippen LogP contribution in [0.4, 0.5) is 0 Å². The number of rotatable bonds is 5. The number of nitrogens with zero attached hydrogens (tertiary/aromatic N) is 1. The Hall–Kier alpha value is -2.89. The van der Waals surface area contributed by atoms with Crippen molar-refractivity contribution in [3.8, 4) is 0 Å². The van der Waals surface area contributed by atoms with E-state index in [1.807, 2.05) is 50.2 Å². The topological polar surface area (TPSA) is 86.7 Å². The van der Waals surface area contributed by atoms with Crippen molar-refractivity contribution >= 4 is 28.6 Å². The molecule has 142 valence electrons. The fraction of sp³-hybridized carbons (Fsp3) is 0.381. The van der Waals surface area contributed by atoms with Crippen LogP contribution in [0.5, 0.6) is 0 Å². The molecule has 1 heterocycles. The zero-order valence-electron chi connectivity index (χ0n) is 15.5. The van der Waals surface area contributed by atoms with Gasteiger partial charge in [-0.05, 0) is 35.6 Å². The third-order valence-electron chi connectivity index (χ3n) is 5.07. The molecule has 27 heavy (non-hydrogen) atoms. The second-order valence-corrected chi connectivity index (χ2v) is 7.25. The van der Waals surface area contributed by atoms with Crippen LogP contribution in [0.25, 0.3) is 10.8 Å². The van der Waals surface area contributed by atoms with E-state index in [4.69, 9.17) is 0 Å². The first-order valence-corrected chi connectivity index (χ1v) is 9.22. The Balaban J connectivity index is 1.85. The maximum atomic E-state index is 13.0. The normalized spacial score (nSPS) is 17.9. The van der Waals surface area contributed by atoms with E-state index in [1.165, 1.54) is 4.90 Å². The highest BCUT2D eigenvalue weighted by Crippen LogP contribution is 2.22. The molecule has 0 aliphatic carbocycles. The van der Waals surface area contributed by atoms with Gasteiger partial charge >= 0.3 is 5.97 Å². The summed E-state index contributed by atoms with van der Waals surface area (Å²) in [6, 6.07) is 11.5. The minimum absolute atomic E-state index is 0.161. The molecule has 0 saturated carbocycles. The van der Waals surface area contributed by atoms with Crippen molar-refractivity contribution in [1.82, 2.24) is 10.2 Å². The van der Waals surface area contributed by atoms with E-state index in [-0.39, 0.29) is 17.7 Å². The number of hydrogen-bond donors (Lipinski definition) is 2. The largest absolute Gasteiger partial charge is 0.480 e. The first-order valence-electron chi connectivity index (χ1n) is 9.22. The fourth-order valence-electron chi connectivity index (χ4n) is 3.62. The second-order valence-electron chi connectivity index (χ2n) is 7.25. The van der Waals surface area contributed by atoms with Crippen LogP contribution in [0.1, 0.15) is 37.0 Å². The van der Waals surface area contributed by atoms with Crippen LogP contribution in [0.3, 0.4) is 0 Å². The third kappa shape index (κ3) is 3.79. The molecule has 1 aliphatic rings. The van der Waals surface area contributed by atoms with E-state index in [0.717, 1.165) is 10.8 Å². The molecule has 3 rings (SSSR count). The number of likely N-dealkylation sites (tertiary alicyclic amines) is 1. The van der Waals surface area contributed by atoms with Gasteiger partial charge in [0.25, 0.3) is 5.91 Å². The monoisotopic (exact) mass is 368 g/mol. The average molecular weight is 368 g/mol. The van der Waals surface area contributed by atoms with Crippen LogP contribution in [0.15, 0.2) is 42.5 Å². The van der Waals surface area contributed by atoms with E-state index < -0.39 is 18.1 Å². The summed E-state index contributed by atoms with van der Waals surface area (Å²) in [7, 11) is 0. The molecular weight excluding hydrogens is 344 g/mol. The number of fused-ring (bicyclic) bond motifs is 1. The zero-order valence-corrected chi connectivity index (χ0v) is 15.5. The van der Waals surface area contributed by atoms with Crippen molar-refractivity contribution in [3.63, 3.8) is 0 Å². The molecule has 0 radical (unpaired) electrons. The molecule has 6 heteroatoms. The molecule has 1 saturated heterocycles. The molecule has 2 aromatic carbocycles. The van der Waals surface area contributed by atoms with Gasteiger partial charge in [0.15, 0.2) is 0 Å². The van der Waals surface area contributed by atoms with Crippen LogP contribution in [-0.4, -0.2) is 46.4 Å². The lowest BCUT2D eigenvalue weighted by Gasteiger charge is -2.29. The summed E-state index contributed by atoms with van der Waals surface area (Å²) in [5.41, 5.74) is 0.503. The predicted octanol–water partition coefficient (Wildman–Crippen LogP) is 2.67. The summed E-state index contributed by atoms with van der Waals surface area (Å²) in [5.74, 6) is -1.82. The van der Waals surface area contributed by atoms with Gasteiger partial charge in [0.1, 0.15) is 12.1 Å². The van der Waals surface area contributed by atoms with Crippen LogP contribution >= 0.6 is 0 Å². The zero-order chi connectivity index (χ0) is 19.6. The van der Waals surface area contributed by atoms with Gasteiger partial charge in [-0.1, -0.05) is 50.2 Å². The number of carbonyl (C=O) groups excluding carboxylic acids is 2. The predicted molar refractivity (Wildman–Crippen MR) is 102 cm³/mol. The summed E-state index contributed by atoms with van der Waals surface area (Å²) >= 11 is 0. The molecule has 0 bridgehead atoms. The van der Waals surface area contributed by atoms with Crippen molar-refractivity contribution in [3.05, 3.63) is 48.0 Å². The maximum Gasteiger partial charge on any atom is 0.326 e. The van der Waals surface area contributed by atoms with Crippen molar-refractivity contribution in [2.45, 2.75) is 38.8 Å². The number of carboxylic acids is 1. The maximum absolute atomic E-state index is 13.0. The Bertz CT molecular complexity index is 872. The summed E-state index contributed by atoms with van der Waals surface area (Å²) < 4.78 is 0. The van der Waals surface area contributed by atoms with E-state index in [1.54, 1.807) is 6.07 Å². The molecular formula is C21H24N2O4. The lowest BCUT2D eigenvalue weighted by atomic mass is 10.00. The Morgan fingerprint density at radius 2 is 1.81 bits per heavy atom. The average Bonchev–Trinajstić information content (AvgIpc) is 3.15. The van der Waals surface area contributed by atoms with Crippen molar-refractivity contribution in [2.75, 3.05) is 6.54 Å². The van der Waals surface area contributed by atoms with Gasteiger partial charge < -0.3 is 15.3 Å². The van der Waals surface area contributed by atoms with Crippen LogP contribution in [0.2, 0.25) is 0 Å². The Morgan fingerprint density at radius 3 is 2.52 bits per heavy atom. The first-order chi connectivity index (χ1) is 12.9. The Labute approximate surface area is 158 Å². The molecule has 2 amide bonds. The lowest BCUT2D eigenvalue weighted by molar-refractivity contribution is -0.149. The number of carbonyl (C=O) groups is 3. The minimum Gasteiger partial charge on any atom is -0.480 e. The van der Waals surface area contributed by atoms with Gasteiger partial charge in [0.2, 0.25) is 5.91 Å². The quantitative estimate of drug-likeness (QED) is 0.849. The highest BCUT2D eigenvalue weighted by atomic mass is 16.4. The van der Waals surface area contributed by atoms with Crippen molar-refractivity contribution in [1.29, 1.82) is 0 Å². The van der Waals surface area contributed by atoms with Crippen LogP contribution in [-0.2, 0) is 9.59 Å². The second kappa shape index (κ2) is 7.78. The number of carboxylic acid groups (broad SMARTS) is 1. The minimum atomic E-state index is -0.997. The molecule has 2 aromatic rings. The van der Waals surface area contributed by atoms with Crippen LogP contribution in [0, 0.1) is 5.92 Å². The Kier molecular flexibility index (Phi) is 5.44. The van der Waals surface area contributed by atoms with Crippen LogP contribution < -0.4 is 5.32 Å². The number of nitrogens with one attached hydrogen (secondary N) is 1. The van der Waals surface area contributed by atoms with Gasteiger partial charge in [0.05, 0.1) is 0 Å². The summed E-state index contributed by atoms with van der Waals surface area (Å²) in [4.78, 5) is 38.7. The van der Waals surface area contributed by atoms with Gasteiger partial charge in [0, 0.05) is 12.1 Å². The van der Waals surface area contributed by atoms with Crippen molar-refractivity contribution < 1.29 is 19.5 Å². The fourth-order valence-corrected chi connectivity index (χ4v) is 3.62. The van der Waals surface area contributed by atoms with Gasteiger partial charge in [-0.15, -0.1) is 0 Å². The van der Waals surface area contributed by atoms with E-state index >= 15 is 0 Å².